The molecule has 0 aromatic heterocycles. The SMILES string of the molecule is CCI1C(c2cc(F)cc(N3CCOCC3)c2)=CC=NC1Nc1ccc(N2CN=C(N3CCC(O)CC3)N2)cc1. The molecule has 0 amide bonds. The number of rotatable bonds is 6. The Kier molecular flexibility index (Phi) is 8.40. The summed E-state index contributed by atoms with van der Waals surface area (Å²) in [6, 6.07) is 13.8. The number of hydrogen-bond donors (Lipinski definition) is 3. The number of guanidine groups is 1. The van der Waals surface area contributed by atoms with E-state index in [1.807, 2.05) is 11.2 Å². The van der Waals surface area contributed by atoms with Crippen LogP contribution >= 0.6 is 19.8 Å². The molecule has 11 heteroatoms. The van der Waals surface area contributed by atoms with E-state index in [9.17, 15) is 9.50 Å². The number of benzene rings is 2. The molecule has 2 aromatic rings. The Hall–Kier alpha value is -2.90. The average molecular weight is 662 g/mol. The molecule has 1 atom stereocenters. The van der Waals surface area contributed by atoms with Crippen LogP contribution in [0.1, 0.15) is 25.3 Å². The van der Waals surface area contributed by atoms with Crippen molar-refractivity contribution in [2.75, 3.05) is 65.7 Å². The van der Waals surface area contributed by atoms with E-state index >= 15 is 0 Å². The summed E-state index contributed by atoms with van der Waals surface area (Å²) < 4.78 is 22.5. The van der Waals surface area contributed by atoms with Crippen LogP contribution in [0.15, 0.2) is 58.5 Å². The molecule has 2 aromatic carbocycles. The molecule has 4 heterocycles. The molecule has 0 bridgehead atoms. The maximum absolute atomic E-state index is 14.8. The quantitative estimate of drug-likeness (QED) is 0.244. The van der Waals surface area contributed by atoms with Crippen molar-refractivity contribution in [1.29, 1.82) is 0 Å². The Labute approximate surface area is 242 Å². The number of anilines is 3. The predicted octanol–water partition coefficient (Wildman–Crippen LogP) is 4.10. The summed E-state index contributed by atoms with van der Waals surface area (Å²) in [4.78, 5) is 13.9. The molecule has 0 radical (unpaired) electrons. The minimum absolute atomic E-state index is 0.00412. The van der Waals surface area contributed by atoms with Gasteiger partial charge in [0.1, 0.15) is 0 Å². The van der Waals surface area contributed by atoms with Gasteiger partial charge in [0.05, 0.1) is 6.10 Å². The van der Waals surface area contributed by atoms with Gasteiger partial charge in [0.25, 0.3) is 0 Å². The number of aliphatic hydroxyl groups is 1. The molecule has 214 valence electrons. The summed E-state index contributed by atoms with van der Waals surface area (Å²) in [7, 11) is 0. The molecular weight excluding hydrogens is 624 g/mol. The van der Waals surface area contributed by atoms with Gasteiger partial charge in [-0.3, -0.25) is 0 Å². The van der Waals surface area contributed by atoms with E-state index in [4.69, 9.17) is 9.73 Å². The third-order valence-electron chi connectivity index (χ3n) is 7.60. The zero-order chi connectivity index (χ0) is 27.5. The van der Waals surface area contributed by atoms with Gasteiger partial charge in [-0.05, 0) is 0 Å². The van der Waals surface area contributed by atoms with Gasteiger partial charge in [-0.25, -0.2) is 0 Å². The number of hydrazine groups is 1. The fourth-order valence-electron chi connectivity index (χ4n) is 5.39. The van der Waals surface area contributed by atoms with Crippen LogP contribution in [0.2, 0.25) is 0 Å². The molecule has 6 rings (SSSR count). The first-order valence-corrected chi connectivity index (χ1v) is 17.8. The van der Waals surface area contributed by atoms with E-state index in [1.165, 1.54) is 3.58 Å². The second kappa shape index (κ2) is 12.3. The summed E-state index contributed by atoms with van der Waals surface area (Å²) in [5.41, 5.74) is 7.36. The molecule has 40 heavy (non-hydrogen) atoms. The molecule has 2 fully saturated rings. The van der Waals surface area contributed by atoms with Crippen LogP contribution in [-0.2, 0) is 4.74 Å². The van der Waals surface area contributed by atoms with Gasteiger partial charge in [-0.1, -0.05) is 0 Å². The second-order valence-corrected chi connectivity index (χ2v) is 16.3. The van der Waals surface area contributed by atoms with Gasteiger partial charge in [0, 0.05) is 0 Å². The van der Waals surface area contributed by atoms with Crippen LogP contribution in [0.4, 0.5) is 21.5 Å². The number of aliphatic imine (C=N–C) groups is 2. The normalized spacial score (nSPS) is 22.7. The summed E-state index contributed by atoms with van der Waals surface area (Å²) in [6.45, 7) is 7.30. The van der Waals surface area contributed by atoms with Crippen LogP contribution in [0, 0.1) is 5.82 Å². The van der Waals surface area contributed by atoms with Crippen molar-refractivity contribution in [3.63, 3.8) is 0 Å². The number of nitrogens with one attached hydrogen (secondary N) is 2. The third kappa shape index (κ3) is 6.06. The Morgan fingerprint density at radius 2 is 1.82 bits per heavy atom. The number of aliphatic hydroxyl groups excluding tert-OH is 1. The van der Waals surface area contributed by atoms with Crippen LogP contribution < -0.4 is 20.7 Å². The van der Waals surface area contributed by atoms with E-state index in [-0.39, 0.29) is 16.1 Å². The molecule has 3 N–H and O–H groups in total. The maximum atomic E-state index is 14.8. The topological polar surface area (TPSA) is 88.0 Å². The van der Waals surface area contributed by atoms with E-state index in [0.29, 0.717) is 19.9 Å². The van der Waals surface area contributed by atoms with Crippen molar-refractivity contribution in [3.05, 3.63) is 59.9 Å². The minimum atomic E-state index is -1.82. The molecular formula is C29H37FIN7O2. The van der Waals surface area contributed by atoms with Crippen molar-refractivity contribution >= 4 is 52.6 Å². The number of likely N-dealkylation sites (tertiary alicyclic amines) is 1. The average Bonchev–Trinajstić information content (AvgIpc) is 3.48. The second-order valence-electron chi connectivity index (χ2n) is 10.2. The van der Waals surface area contributed by atoms with Gasteiger partial charge < -0.3 is 5.11 Å². The number of hydrogen-bond acceptors (Lipinski definition) is 9. The summed E-state index contributed by atoms with van der Waals surface area (Å²) in [5, 5.41) is 15.5. The van der Waals surface area contributed by atoms with Gasteiger partial charge >= 0.3 is 232 Å². The van der Waals surface area contributed by atoms with Crippen molar-refractivity contribution in [3.8, 4) is 0 Å². The third-order valence-corrected chi connectivity index (χ3v) is 13.8. The molecule has 9 nitrogen and oxygen atoms in total. The fourth-order valence-corrected chi connectivity index (χ4v) is 10.7. The summed E-state index contributed by atoms with van der Waals surface area (Å²) >= 11 is -1.82. The molecule has 4 aliphatic heterocycles. The Morgan fingerprint density at radius 3 is 2.58 bits per heavy atom. The molecule has 0 spiro atoms. The molecule has 2 saturated heterocycles. The van der Waals surface area contributed by atoms with Crippen LogP contribution in [0.3, 0.4) is 0 Å². The van der Waals surface area contributed by atoms with Gasteiger partial charge in [0.2, 0.25) is 0 Å². The Balaban J connectivity index is 1.11. The molecule has 0 aliphatic carbocycles. The number of halogens is 2. The van der Waals surface area contributed by atoms with Crippen LogP contribution in [-0.4, -0.2) is 82.9 Å². The van der Waals surface area contributed by atoms with E-state index in [2.05, 4.69) is 68.9 Å². The van der Waals surface area contributed by atoms with Gasteiger partial charge in [-0.15, -0.1) is 0 Å². The zero-order valence-electron chi connectivity index (χ0n) is 22.8. The zero-order valence-corrected chi connectivity index (χ0v) is 24.9. The predicted molar refractivity (Wildman–Crippen MR) is 169 cm³/mol. The van der Waals surface area contributed by atoms with Crippen LogP contribution in [0.5, 0.6) is 0 Å². The van der Waals surface area contributed by atoms with Crippen molar-refractivity contribution in [2.24, 2.45) is 9.98 Å². The van der Waals surface area contributed by atoms with E-state index in [1.54, 1.807) is 12.1 Å². The van der Waals surface area contributed by atoms with Crippen molar-refractivity contribution in [1.82, 2.24) is 10.3 Å². The number of allylic oxidation sites excluding steroid dienone is 1. The number of alkyl halides is 2. The monoisotopic (exact) mass is 661 g/mol. The molecule has 1 unspecified atom stereocenters. The first-order valence-electron chi connectivity index (χ1n) is 14.0. The standard InChI is InChI=1S/C29H37FIN7O2/c1-2-31-27(21-17-22(30)19-25(18-21)36-13-15-40-16-14-36)7-10-32-28(31)34-23-3-5-24(6-4-23)38-20-33-29(35-38)37-11-8-26(39)9-12-37/h3-7,10,17-19,26,28,34,39H,2,8-9,11-16,20H2,1H3,(H,33,35). The van der Waals surface area contributed by atoms with Crippen LogP contribution in [0.25, 0.3) is 3.58 Å². The first kappa shape index (κ1) is 27.3. The molecule has 0 saturated carbocycles. The number of nitrogens with zero attached hydrogens (tertiary/aromatic N) is 5. The van der Waals surface area contributed by atoms with E-state index in [0.717, 1.165) is 72.0 Å². The number of morpholine rings is 1. The fraction of sp³-hybridized carbons (Fsp3) is 0.448. The Bertz CT molecular complexity index is 1270. The van der Waals surface area contributed by atoms with Crippen molar-refractivity contribution in [2.45, 2.75) is 30.0 Å². The van der Waals surface area contributed by atoms with Crippen molar-refractivity contribution < 1.29 is 14.2 Å². The summed E-state index contributed by atoms with van der Waals surface area (Å²) in [6.07, 6.45) is 5.31. The van der Waals surface area contributed by atoms with Gasteiger partial charge in [-0.2, -0.15) is 0 Å². The van der Waals surface area contributed by atoms with Gasteiger partial charge in [0.15, 0.2) is 0 Å². The number of ether oxygens (including phenoxy) is 1. The Morgan fingerprint density at radius 1 is 1.05 bits per heavy atom. The first-order chi connectivity index (χ1) is 19.6. The summed E-state index contributed by atoms with van der Waals surface area (Å²) in [5.74, 6) is 0.673. The van der Waals surface area contributed by atoms with E-state index < -0.39 is 19.8 Å². The number of piperidine rings is 1. The molecule has 4 aliphatic rings.